The maximum Gasteiger partial charge on any atom is 0.493 e. The Balaban J connectivity index is 2.75. The zero-order valence-corrected chi connectivity index (χ0v) is 7.77. The van der Waals surface area contributed by atoms with Crippen molar-refractivity contribution in [2.45, 2.75) is 0 Å². The minimum absolute atomic E-state index is 0.0832. The zero-order chi connectivity index (χ0) is 10.3. The van der Waals surface area contributed by atoms with Gasteiger partial charge in [0, 0.05) is 20.1 Å². The van der Waals surface area contributed by atoms with Crippen LogP contribution < -0.4 is 0 Å². The van der Waals surface area contributed by atoms with Crippen LogP contribution in [0.3, 0.4) is 0 Å². The van der Waals surface area contributed by atoms with E-state index < -0.39 is 23.6 Å². The van der Waals surface area contributed by atoms with E-state index in [4.69, 9.17) is 0 Å². The van der Waals surface area contributed by atoms with Crippen molar-refractivity contribution in [1.82, 2.24) is 8.61 Å². The van der Waals surface area contributed by atoms with Gasteiger partial charge in [0.2, 0.25) is 0 Å². The molecule has 1 fully saturated rings. The first-order chi connectivity index (χ1) is 5.73. The Bertz CT molecular complexity index is 290. The highest BCUT2D eigenvalue weighted by atomic mass is 32.2. The van der Waals surface area contributed by atoms with Crippen molar-refractivity contribution in [3.8, 4) is 0 Å². The molecule has 0 aromatic heterocycles. The molecule has 0 radical (unpaired) electrons. The molecular weight excluding hydrogens is 208 g/mol. The van der Waals surface area contributed by atoms with Crippen molar-refractivity contribution >= 4 is 17.2 Å². The summed E-state index contributed by atoms with van der Waals surface area (Å²) in [5.74, 6) is 0. The lowest BCUT2D eigenvalue weighted by Gasteiger charge is -2.22. The van der Waals surface area contributed by atoms with Crippen LogP contribution in [0.1, 0.15) is 0 Å². The van der Waals surface area contributed by atoms with Crippen molar-refractivity contribution in [2.24, 2.45) is 0 Å². The summed E-state index contributed by atoms with van der Waals surface area (Å²) in [6.45, 7) is -5.04. The van der Waals surface area contributed by atoms with Gasteiger partial charge < -0.3 is 12.9 Å². The fourth-order valence-electron chi connectivity index (χ4n) is 1.10. The van der Waals surface area contributed by atoms with Crippen LogP contribution in [0.5, 0.6) is 0 Å². The van der Waals surface area contributed by atoms with Gasteiger partial charge in [0.1, 0.15) is 0 Å². The van der Waals surface area contributed by atoms with E-state index in [2.05, 4.69) is 0 Å². The Morgan fingerprint density at radius 2 is 1.85 bits per heavy atom. The summed E-state index contributed by atoms with van der Waals surface area (Å²) in [6.07, 6.45) is -1.34. The Kier molecular flexibility index (Phi) is 2.61. The summed E-state index contributed by atoms with van der Waals surface area (Å²) < 4.78 is 59.4. The third kappa shape index (κ3) is 2.35. The van der Waals surface area contributed by atoms with Gasteiger partial charge in [0.25, 0.3) is 10.2 Å². The SMILES string of the molecule is CN1CCN(C[B-](F)(F)F)S1(=O)=O. The highest BCUT2D eigenvalue weighted by Gasteiger charge is 2.38. The summed E-state index contributed by atoms with van der Waals surface area (Å²) in [5, 5.41) is 0. The number of hydrogen-bond acceptors (Lipinski definition) is 2. The number of halogens is 3. The van der Waals surface area contributed by atoms with Crippen molar-refractivity contribution in [2.75, 3.05) is 26.6 Å². The third-order valence-electron chi connectivity index (χ3n) is 1.80. The quantitative estimate of drug-likeness (QED) is 0.604. The summed E-state index contributed by atoms with van der Waals surface area (Å²) >= 11 is 0. The molecule has 13 heavy (non-hydrogen) atoms. The summed E-state index contributed by atoms with van der Waals surface area (Å²) in [5.41, 5.74) is 0. The summed E-state index contributed by atoms with van der Waals surface area (Å²) in [4.78, 5) is 0. The van der Waals surface area contributed by atoms with Gasteiger partial charge in [-0.2, -0.15) is 12.7 Å². The Hall–Kier alpha value is -0.275. The molecule has 0 amide bonds. The average Bonchev–Trinajstić information content (AvgIpc) is 2.13. The van der Waals surface area contributed by atoms with E-state index in [0.717, 1.165) is 4.31 Å². The van der Waals surface area contributed by atoms with Gasteiger partial charge in [-0.15, -0.1) is 0 Å². The van der Waals surface area contributed by atoms with Gasteiger partial charge in [0.15, 0.2) is 0 Å². The van der Waals surface area contributed by atoms with E-state index in [1.54, 1.807) is 0 Å². The molecule has 0 N–H and O–H groups in total. The first-order valence-corrected chi connectivity index (χ1v) is 5.05. The van der Waals surface area contributed by atoms with Crippen LogP contribution >= 0.6 is 0 Å². The van der Waals surface area contributed by atoms with Crippen molar-refractivity contribution in [3.63, 3.8) is 0 Å². The molecule has 0 aliphatic carbocycles. The van der Waals surface area contributed by atoms with E-state index in [9.17, 15) is 21.4 Å². The number of rotatable bonds is 2. The largest absolute Gasteiger partial charge is 0.493 e. The van der Waals surface area contributed by atoms with E-state index in [1.807, 2.05) is 0 Å². The van der Waals surface area contributed by atoms with Crippen LogP contribution in [0.2, 0.25) is 0 Å². The van der Waals surface area contributed by atoms with Gasteiger partial charge in [0.05, 0.1) is 0 Å². The fourth-order valence-corrected chi connectivity index (χ4v) is 2.47. The van der Waals surface area contributed by atoms with Crippen LogP contribution in [0, 0.1) is 0 Å². The standard InChI is InChI=1S/C4H9BF3N2O2S/c1-9-2-3-10(13(9,11)12)4-5(6,7)8/h2-4H2,1H3/q-1. The monoisotopic (exact) mass is 217 g/mol. The van der Waals surface area contributed by atoms with Crippen LogP contribution in [-0.4, -0.2) is 50.6 Å². The van der Waals surface area contributed by atoms with Crippen molar-refractivity contribution in [3.05, 3.63) is 0 Å². The highest BCUT2D eigenvalue weighted by molar-refractivity contribution is 7.87. The number of nitrogens with zero attached hydrogens (tertiary/aromatic N) is 2. The molecule has 1 saturated heterocycles. The lowest BCUT2D eigenvalue weighted by molar-refractivity contribution is 0.401. The minimum atomic E-state index is -5.08. The fraction of sp³-hybridized carbons (Fsp3) is 1.00. The lowest BCUT2D eigenvalue weighted by atomic mass is 9.92. The second kappa shape index (κ2) is 3.14. The highest BCUT2D eigenvalue weighted by Crippen LogP contribution is 2.19. The molecule has 9 heteroatoms. The molecule has 0 aromatic rings. The topological polar surface area (TPSA) is 40.6 Å². The van der Waals surface area contributed by atoms with Gasteiger partial charge >= 0.3 is 6.98 Å². The van der Waals surface area contributed by atoms with Crippen LogP contribution in [0.4, 0.5) is 12.9 Å². The molecule has 0 atom stereocenters. The minimum Gasteiger partial charge on any atom is -0.448 e. The second-order valence-electron chi connectivity index (χ2n) is 2.90. The van der Waals surface area contributed by atoms with Crippen molar-refractivity contribution in [1.29, 1.82) is 0 Å². The molecule has 4 nitrogen and oxygen atoms in total. The smallest absolute Gasteiger partial charge is 0.448 e. The normalized spacial score (nSPS) is 25.2. The Morgan fingerprint density at radius 3 is 2.15 bits per heavy atom. The van der Waals surface area contributed by atoms with Crippen LogP contribution in [0.15, 0.2) is 0 Å². The predicted octanol–water partition coefficient (Wildman–Crippen LogP) is -0.135. The molecule has 0 unspecified atom stereocenters. The third-order valence-corrected chi connectivity index (χ3v) is 3.75. The van der Waals surface area contributed by atoms with Gasteiger partial charge in [-0.25, -0.2) is 4.31 Å². The first kappa shape index (κ1) is 10.8. The zero-order valence-electron chi connectivity index (χ0n) is 6.95. The van der Waals surface area contributed by atoms with Crippen molar-refractivity contribution < 1.29 is 21.4 Å². The first-order valence-electron chi connectivity index (χ1n) is 3.66. The summed E-state index contributed by atoms with van der Waals surface area (Å²) in [7, 11) is -2.57. The second-order valence-corrected chi connectivity index (χ2v) is 4.93. The molecular formula is C4H9BF3N2O2S-. The maximum absolute atomic E-state index is 11.9. The number of hydrogen-bond donors (Lipinski definition) is 0. The molecule has 0 saturated carbocycles. The molecule has 0 bridgehead atoms. The molecule has 0 spiro atoms. The van der Waals surface area contributed by atoms with E-state index in [1.165, 1.54) is 7.05 Å². The molecule has 1 heterocycles. The average molecular weight is 217 g/mol. The summed E-state index contributed by atoms with van der Waals surface area (Å²) in [6, 6.07) is 0. The molecule has 1 aliphatic heterocycles. The van der Waals surface area contributed by atoms with E-state index in [0.29, 0.717) is 4.31 Å². The molecule has 0 aromatic carbocycles. The van der Waals surface area contributed by atoms with Crippen LogP contribution in [-0.2, 0) is 10.2 Å². The van der Waals surface area contributed by atoms with E-state index in [-0.39, 0.29) is 13.1 Å². The Labute approximate surface area is 74.5 Å². The predicted molar refractivity (Wildman–Crippen MR) is 42.2 cm³/mol. The van der Waals surface area contributed by atoms with E-state index >= 15 is 0 Å². The molecule has 78 valence electrons. The van der Waals surface area contributed by atoms with Gasteiger partial charge in [-0.1, -0.05) is 0 Å². The Morgan fingerprint density at radius 1 is 1.31 bits per heavy atom. The maximum atomic E-state index is 11.9. The van der Waals surface area contributed by atoms with Gasteiger partial charge in [-0.3, -0.25) is 0 Å². The van der Waals surface area contributed by atoms with Crippen LogP contribution in [0.25, 0.3) is 0 Å². The molecule has 1 aliphatic rings. The van der Waals surface area contributed by atoms with Gasteiger partial charge in [-0.05, 0) is 6.44 Å². The molecule has 1 rings (SSSR count). The lowest BCUT2D eigenvalue weighted by Crippen LogP contribution is -2.40. The number of likely N-dealkylation sites (N-methyl/N-ethyl adjacent to an activating group) is 1.